The molecule has 1 aromatic heterocycles. The summed E-state index contributed by atoms with van der Waals surface area (Å²) in [5, 5.41) is 12.8. The van der Waals surface area contributed by atoms with E-state index in [2.05, 4.69) is 22.4 Å². The van der Waals surface area contributed by atoms with Crippen molar-refractivity contribution in [2.24, 2.45) is 5.92 Å². The third-order valence-electron chi connectivity index (χ3n) is 4.39. The summed E-state index contributed by atoms with van der Waals surface area (Å²) in [4.78, 5) is 0. The van der Waals surface area contributed by atoms with E-state index in [1.807, 2.05) is 16.8 Å². The number of nitrogens with two attached hydrogens (primary N) is 1. The van der Waals surface area contributed by atoms with Gasteiger partial charge in [0.15, 0.2) is 5.82 Å². The summed E-state index contributed by atoms with van der Waals surface area (Å²) >= 11 is 6.33. The molecule has 0 radical (unpaired) electrons. The van der Waals surface area contributed by atoms with Gasteiger partial charge in [0.2, 0.25) is 0 Å². The molecule has 1 aliphatic rings. The van der Waals surface area contributed by atoms with Crippen molar-refractivity contribution in [3.05, 3.63) is 23.2 Å². The number of aromatic nitrogens is 4. The Labute approximate surface area is 129 Å². The number of rotatable bonds is 2. The zero-order valence-corrected chi connectivity index (χ0v) is 12.9. The van der Waals surface area contributed by atoms with E-state index in [0.717, 1.165) is 12.0 Å². The Hall–Kier alpha value is -1.62. The lowest BCUT2D eigenvalue weighted by Crippen LogP contribution is -2.18. The Balaban J connectivity index is 2.02. The third-order valence-corrected chi connectivity index (χ3v) is 4.81. The first-order valence-electron chi connectivity index (χ1n) is 7.50. The van der Waals surface area contributed by atoms with Crippen molar-refractivity contribution in [1.29, 1.82) is 0 Å². The summed E-state index contributed by atoms with van der Waals surface area (Å²) in [6, 6.07) is 5.91. The molecular formula is C15H20ClN5. The zero-order chi connectivity index (χ0) is 14.8. The molecule has 6 heteroatoms. The van der Waals surface area contributed by atoms with Crippen LogP contribution in [0.4, 0.5) is 5.69 Å². The van der Waals surface area contributed by atoms with Gasteiger partial charge in [-0.1, -0.05) is 43.9 Å². The van der Waals surface area contributed by atoms with Crippen molar-refractivity contribution in [2.45, 2.75) is 45.1 Å². The van der Waals surface area contributed by atoms with Crippen LogP contribution in [0.3, 0.4) is 0 Å². The van der Waals surface area contributed by atoms with E-state index in [1.54, 1.807) is 6.07 Å². The minimum Gasteiger partial charge on any atom is -0.398 e. The normalized spacial score (nSPS) is 23.0. The van der Waals surface area contributed by atoms with Crippen molar-refractivity contribution < 1.29 is 0 Å². The number of tetrazole rings is 1. The van der Waals surface area contributed by atoms with Crippen LogP contribution in [-0.4, -0.2) is 20.2 Å². The van der Waals surface area contributed by atoms with Gasteiger partial charge in [-0.15, -0.1) is 5.10 Å². The first-order valence-corrected chi connectivity index (χ1v) is 7.88. The molecule has 2 unspecified atom stereocenters. The maximum Gasteiger partial charge on any atom is 0.183 e. The minimum atomic E-state index is 0.329. The Morgan fingerprint density at radius 3 is 2.90 bits per heavy atom. The molecule has 2 aromatic rings. The van der Waals surface area contributed by atoms with E-state index in [0.29, 0.717) is 28.5 Å². The van der Waals surface area contributed by atoms with Gasteiger partial charge in [0, 0.05) is 5.56 Å². The van der Waals surface area contributed by atoms with Gasteiger partial charge >= 0.3 is 0 Å². The summed E-state index contributed by atoms with van der Waals surface area (Å²) in [5.41, 5.74) is 7.25. The second-order valence-corrected chi connectivity index (χ2v) is 6.22. The predicted octanol–water partition coefficient (Wildman–Crippen LogP) is 3.72. The average molecular weight is 306 g/mol. The van der Waals surface area contributed by atoms with Crippen molar-refractivity contribution in [3.8, 4) is 11.4 Å². The zero-order valence-electron chi connectivity index (χ0n) is 12.2. The van der Waals surface area contributed by atoms with E-state index in [-0.39, 0.29) is 0 Å². The van der Waals surface area contributed by atoms with Crippen LogP contribution in [0, 0.1) is 5.92 Å². The highest BCUT2D eigenvalue weighted by atomic mass is 35.5. The second kappa shape index (κ2) is 6.02. The molecule has 2 N–H and O–H groups in total. The highest BCUT2D eigenvalue weighted by Gasteiger charge is 2.26. The van der Waals surface area contributed by atoms with E-state index < -0.39 is 0 Å². The molecule has 1 aromatic carbocycles. The number of benzene rings is 1. The molecule has 1 fully saturated rings. The molecule has 0 spiro atoms. The molecule has 0 aliphatic heterocycles. The maximum atomic E-state index is 6.33. The van der Waals surface area contributed by atoms with Crippen LogP contribution in [-0.2, 0) is 0 Å². The van der Waals surface area contributed by atoms with Crippen LogP contribution in [0.1, 0.15) is 45.1 Å². The van der Waals surface area contributed by atoms with Gasteiger partial charge in [0.1, 0.15) is 0 Å². The highest BCUT2D eigenvalue weighted by Crippen LogP contribution is 2.36. The number of halogens is 1. The van der Waals surface area contributed by atoms with Gasteiger partial charge in [-0.2, -0.15) is 0 Å². The Morgan fingerprint density at radius 2 is 2.05 bits per heavy atom. The molecule has 1 saturated carbocycles. The number of hydrogen-bond donors (Lipinski definition) is 1. The van der Waals surface area contributed by atoms with Gasteiger partial charge in [0.05, 0.1) is 16.8 Å². The molecular weight excluding hydrogens is 286 g/mol. The molecule has 5 nitrogen and oxygen atoms in total. The summed E-state index contributed by atoms with van der Waals surface area (Å²) in [6.07, 6.45) is 6.12. The maximum absolute atomic E-state index is 6.33. The highest BCUT2D eigenvalue weighted by molar-refractivity contribution is 6.35. The summed E-state index contributed by atoms with van der Waals surface area (Å²) in [6.45, 7) is 2.28. The Bertz CT molecular complexity index is 624. The van der Waals surface area contributed by atoms with Gasteiger partial charge in [-0.05, 0) is 41.3 Å². The van der Waals surface area contributed by atoms with Gasteiger partial charge in [0.25, 0.3) is 0 Å². The van der Waals surface area contributed by atoms with E-state index in [4.69, 9.17) is 17.3 Å². The van der Waals surface area contributed by atoms with Crippen LogP contribution < -0.4 is 5.73 Å². The lowest BCUT2D eigenvalue weighted by Gasteiger charge is -2.22. The molecule has 112 valence electrons. The first kappa shape index (κ1) is 14.3. The Morgan fingerprint density at radius 1 is 1.24 bits per heavy atom. The van der Waals surface area contributed by atoms with Crippen molar-refractivity contribution >= 4 is 17.3 Å². The summed E-state index contributed by atoms with van der Waals surface area (Å²) in [7, 11) is 0. The molecule has 2 atom stereocenters. The fourth-order valence-electron chi connectivity index (χ4n) is 3.15. The molecule has 1 aliphatic carbocycles. The number of nitrogens with zero attached hydrogens (tertiary/aromatic N) is 4. The SMILES string of the molecule is CC1CCCCCC1n1nnnc1-c1cccc(N)c1Cl. The smallest absolute Gasteiger partial charge is 0.183 e. The van der Waals surface area contributed by atoms with Crippen LogP contribution in [0.25, 0.3) is 11.4 Å². The van der Waals surface area contributed by atoms with Crippen LogP contribution in [0.15, 0.2) is 18.2 Å². The molecule has 0 saturated heterocycles. The van der Waals surface area contributed by atoms with Crippen molar-refractivity contribution in [1.82, 2.24) is 20.2 Å². The second-order valence-electron chi connectivity index (χ2n) is 5.84. The van der Waals surface area contributed by atoms with Crippen molar-refractivity contribution in [3.63, 3.8) is 0 Å². The number of hydrogen-bond acceptors (Lipinski definition) is 4. The average Bonchev–Trinajstić information content (AvgIpc) is 2.84. The van der Waals surface area contributed by atoms with Gasteiger partial charge in [-0.3, -0.25) is 0 Å². The molecule has 21 heavy (non-hydrogen) atoms. The fraction of sp³-hybridized carbons (Fsp3) is 0.533. The van der Waals surface area contributed by atoms with Gasteiger partial charge in [-0.25, -0.2) is 4.68 Å². The molecule has 0 amide bonds. The molecule has 1 heterocycles. The third kappa shape index (κ3) is 2.75. The van der Waals surface area contributed by atoms with Gasteiger partial charge < -0.3 is 5.73 Å². The standard InChI is InChI=1S/C15H20ClN5/c1-10-6-3-2-4-9-13(10)21-15(18-19-20-21)11-7-5-8-12(17)14(11)16/h5,7-8,10,13H,2-4,6,9,17H2,1H3. The lowest BCUT2D eigenvalue weighted by molar-refractivity contribution is 0.306. The quantitative estimate of drug-likeness (QED) is 0.678. The minimum absolute atomic E-state index is 0.329. The summed E-state index contributed by atoms with van der Waals surface area (Å²) in [5.74, 6) is 1.28. The largest absolute Gasteiger partial charge is 0.398 e. The van der Waals surface area contributed by atoms with Crippen molar-refractivity contribution in [2.75, 3.05) is 5.73 Å². The van der Waals surface area contributed by atoms with E-state index in [1.165, 1.54) is 25.7 Å². The monoisotopic (exact) mass is 305 g/mol. The predicted molar refractivity (Wildman–Crippen MR) is 84.0 cm³/mol. The summed E-state index contributed by atoms with van der Waals surface area (Å²) < 4.78 is 1.94. The number of nitrogen functional groups attached to an aromatic ring is 1. The van der Waals surface area contributed by atoms with Crippen LogP contribution in [0.2, 0.25) is 5.02 Å². The molecule has 0 bridgehead atoms. The first-order chi connectivity index (χ1) is 10.2. The lowest BCUT2D eigenvalue weighted by atomic mass is 9.97. The topological polar surface area (TPSA) is 69.6 Å². The molecule has 3 rings (SSSR count). The Kier molecular flexibility index (Phi) is 4.10. The van der Waals surface area contributed by atoms with Crippen LogP contribution in [0.5, 0.6) is 0 Å². The van der Waals surface area contributed by atoms with E-state index >= 15 is 0 Å². The van der Waals surface area contributed by atoms with E-state index in [9.17, 15) is 0 Å². The fourth-order valence-corrected chi connectivity index (χ4v) is 3.36. The van der Waals surface area contributed by atoms with Crippen LogP contribution >= 0.6 is 11.6 Å². The number of anilines is 1.